The molecule has 12 nitrogen and oxygen atoms in total. The van der Waals surface area contributed by atoms with Gasteiger partial charge in [-0.3, -0.25) is 0 Å². The highest BCUT2D eigenvalue weighted by atomic mass is 16.2. The van der Waals surface area contributed by atoms with E-state index < -0.39 is 35.6 Å². The van der Waals surface area contributed by atoms with Crippen molar-refractivity contribution in [3.8, 4) is 0 Å². The molecule has 180 valence electrons. The van der Waals surface area contributed by atoms with Gasteiger partial charge in [0, 0.05) is 0 Å². The lowest BCUT2D eigenvalue weighted by Gasteiger charge is -2.22. The van der Waals surface area contributed by atoms with Crippen LogP contribution in [-0.2, 0) is 14.4 Å². The largest absolute Gasteiger partial charge is 0.339 e. The highest BCUT2D eigenvalue weighted by Gasteiger charge is 2.28. The molecule has 0 aliphatic carbocycles. The highest BCUT2D eigenvalue weighted by Crippen LogP contribution is 2.17. The molecule has 0 aliphatic rings. The van der Waals surface area contributed by atoms with Crippen molar-refractivity contribution in [2.24, 2.45) is 15.0 Å². The molecule has 0 spiro atoms. The third kappa shape index (κ3) is 7.02. The van der Waals surface area contributed by atoms with Crippen molar-refractivity contribution in [3.05, 3.63) is 31.5 Å². The summed E-state index contributed by atoms with van der Waals surface area (Å²) in [6.45, 7) is 5.63. The second-order valence-electron chi connectivity index (χ2n) is 7.49. The van der Waals surface area contributed by atoms with Crippen LogP contribution in [0.4, 0.5) is 0 Å². The van der Waals surface area contributed by atoms with Crippen molar-refractivity contribution in [1.82, 2.24) is 13.7 Å². The maximum Gasteiger partial charge on any atom is 0.339 e. The van der Waals surface area contributed by atoms with Gasteiger partial charge in [-0.2, -0.15) is 15.0 Å². The van der Waals surface area contributed by atoms with E-state index in [1.165, 1.54) is 18.2 Å². The molecule has 3 unspecified atom stereocenters. The molecule has 0 fully saturated rings. The molecule has 0 bridgehead atoms. The van der Waals surface area contributed by atoms with Crippen molar-refractivity contribution in [3.63, 3.8) is 0 Å². The minimum atomic E-state index is -1.22. The van der Waals surface area contributed by atoms with Crippen LogP contribution in [0.1, 0.15) is 97.1 Å². The van der Waals surface area contributed by atoms with E-state index in [9.17, 15) is 28.8 Å². The van der Waals surface area contributed by atoms with Crippen molar-refractivity contribution >= 4 is 18.2 Å². The molecule has 0 saturated carbocycles. The molecule has 0 N–H and O–H groups in total. The fraction of sp³-hybridized carbons (Fsp3) is 0.714. The van der Waals surface area contributed by atoms with Crippen LogP contribution in [0.5, 0.6) is 0 Å². The van der Waals surface area contributed by atoms with Gasteiger partial charge in [0.2, 0.25) is 18.2 Å². The molecule has 0 aliphatic heterocycles. The summed E-state index contributed by atoms with van der Waals surface area (Å²) in [5.41, 5.74) is -3.19. The fourth-order valence-electron chi connectivity index (χ4n) is 3.46. The van der Waals surface area contributed by atoms with Crippen LogP contribution in [0.15, 0.2) is 29.4 Å². The number of aliphatic imine (C=N–C) groups is 3. The standard InChI is InChI=1S/C21H30N6O6/c1-4-7-10-16(22-13-28)25-19(31)26(17(23-14-29)11-8-5-2)21(33)27(20(25)32)18(24-15-30)12-9-6-3/h16-18H,4-12H2,1-3H3. The van der Waals surface area contributed by atoms with Crippen LogP contribution < -0.4 is 17.1 Å². The van der Waals surface area contributed by atoms with Crippen LogP contribution in [0, 0.1) is 0 Å². The van der Waals surface area contributed by atoms with Gasteiger partial charge >= 0.3 is 17.1 Å². The molecule has 33 heavy (non-hydrogen) atoms. The van der Waals surface area contributed by atoms with Crippen LogP contribution in [-0.4, -0.2) is 31.9 Å². The Morgan fingerprint density at radius 3 is 1.00 bits per heavy atom. The minimum absolute atomic E-state index is 0.159. The molecule has 3 atom stereocenters. The average Bonchev–Trinajstić information content (AvgIpc) is 2.79. The van der Waals surface area contributed by atoms with Crippen LogP contribution in [0.25, 0.3) is 0 Å². The lowest BCUT2D eigenvalue weighted by molar-refractivity contribution is 0.311. The molecule has 1 aromatic heterocycles. The van der Waals surface area contributed by atoms with E-state index in [0.717, 1.165) is 0 Å². The number of isocyanates is 3. The van der Waals surface area contributed by atoms with Crippen LogP contribution >= 0.6 is 0 Å². The van der Waals surface area contributed by atoms with Gasteiger partial charge in [0.1, 0.15) is 18.5 Å². The van der Waals surface area contributed by atoms with Gasteiger partial charge in [0.25, 0.3) is 0 Å². The second-order valence-corrected chi connectivity index (χ2v) is 7.49. The normalized spacial score (nSPS) is 13.2. The lowest BCUT2D eigenvalue weighted by Crippen LogP contribution is -2.57. The highest BCUT2D eigenvalue weighted by molar-refractivity contribution is 5.34. The van der Waals surface area contributed by atoms with Gasteiger partial charge in [-0.1, -0.05) is 40.0 Å². The van der Waals surface area contributed by atoms with Gasteiger partial charge < -0.3 is 0 Å². The molecule has 0 amide bonds. The first-order chi connectivity index (χ1) is 15.9. The maximum atomic E-state index is 13.3. The maximum absolute atomic E-state index is 13.3. The zero-order chi connectivity index (χ0) is 24.8. The Labute approximate surface area is 190 Å². The fourth-order valence-corrected chi connectivity index (χ4v) is 3.46. The zero-order valence-corrected chi connectivity index (χ0v) is 19.2. The number of hydrogen-bond donors (Lipinski definition) is 0. The SMILES string of the molecule is CCCCC(N=C=O)n1c(=O)n(C(CCCC)N=C=O)c(=O)n(C(CCCC)N=C=O)c1=O. The summed E-state index contributed by atoms with van der Waals surface area (Å²) in [7, 11) is 0. The van der Waals surface area contributed by atoms with Crippen LogP contribution in [0.2, 0.25) is 0 Å². The quantitative estimate of drug-likeness (QED) is 0.288. The topological polar surface area (TPSA) is 154 Å². The number of unbranched alkanes of at least 4 members (excludes halogenated alkanes) is 3. The third-order valence-electron chi connectivity index (χ3n) is 5.18. The predicted molar refractivity (Wildman–Crippen MR) is 119 cm³/mol. The summed E-state index contributed by atoms with van der Waals surface area (Å²) < 4.78 is 2.00. The monoisotopic (exact) mass is 462 g/mol. The summed E-state index contributed by atoms with van der Waals surface area (Å²) >= 11 is 0. The summed E-state index contributed by atoms with van der Waals surface area (Å²) in [6, 6.07) is 0. The van der Waals surface area contributed by atoms with Crippen molar-refractivity contribution < 1.29 is 14.4 Å². The predicted octanol–water partition coefficient (Wildman–Crippen LogP) is 2.25. The third-order valence-corrected chi connectivity index (χ3v) is 5.18. The molecule has 1 aromatic rings. The first-order valence-corrected chi connectivity index (χ1v) is 11.1. The number of aromatic nitrogens is 3. The Morgan fingerprint density at radius 2 is 0.818 bits per heavy atom. The Hall–Kier alpha value is -3.45. The Morgan fingerprint density at radius 1 is 0.576 bits per heavy atom. The lowest BCUT2D eigenvalue weighted by atomic mass is 10.2. The number of rotatable bonds is 15. The average molecular weight is 463 g/mol. The molecule has 12 heteroatoms. The number of carbonyl (C=O) groups excluding carboxylic acids is 3. The zero-order valence-electron chi connectivity index (χ0n) is 19.2. The van der Waals surface area contributed by atoms with Gasteiger partial charge in [-0.25, -0.2) is 42.5 Å². The molecule has 1 rings (SSSR count). The van der Waals surface area contributed by atoms with Crippen molar-refractivity contribution in [1.29, 1.82) is 0 Å². The van der Waals surface area contributed by atoms with E-state index in [1.807, 2.05) is 20.8 Å². The second kappa shape index (κ2) is 14.6. The summed E-state index contributed by atoms with van der Waals surface area (Å²) in [5, 5.41) is 0. The number of nitrogens with zero attached hydrogens (tertiary/aromatic N) is 6. The first kappa shape index (κ1) is 27.6. The molecule has 1 heterocycles. The summed E-state index contributed by atoms with van der Waals surface area (Å²) in [4.78, 5) is 84.0. The van der Waals surface area contributed by atoms with E-state index in [1.54, 1.807) is 0 Å². The Bertz CT molecular complexity index is 931. The van der Waals surface area contributed by atoms with Crippen molar-refractivity contribution in [2.75, 3.05) is 0 Å². The van der Waals surface area contributed by atoms with E-state index in [2.05, 4.69) is 15.0 Å². The van der Waals surface area contributed by atoms with E-state index >= 15 is 0 Å². The van der Waals surface area contributed by atoms with E-state index in [0.29, 0.717) is 52.2 Å². The molecule has 0 aromatic carbocycles. The van der Waals surface area contributed by atoms with Crippen molar-refractivity contribution in [2.45, 2.75) is 97.1 Å². The van der Waals surface area contributed by atoms with E-state index in [-0.39, 0.29) is 19.3 Å². The van der Waals surface area contributed by atoms with Gasteiger partial charge in [-0.15, -0.1) is 0 Å². The number of hydrogen-bond acceptors (Lipinski definition) is 9. The van der Waals surface area contributed by atoms with Crippen LogP contribution in [0.3, 0.4) is 0 Å². The van der Waals surface area contributed by atoms with E-state index in [4.69, 9.17) is 0 Å². The van der Waals surface area contributed by atoms with Gasteiger partial charge in [0.15, 0.2) is 0 Å². The Kier molecular flexibility index (Phi) is 12.2. The molecule has 0 radical (unpaired) electrons. The minimum Gasteiger partial charge on any atom is -0.247 e. The molecule has 0 saturated heterocycles. The first-order valence-electron chi connectivity index (χ1n) is 11.1. The van der Waals surface area contributed by atoms with Gasteiger partial charge in [-0.05, 0) is 38.5 Å². The Balaban J connectivity index is 4.09. The van der Waals surface area contributed by atoms with Gasteiger partial charge in [0.05, 0.1) is 0 Å². The summed E-state index contributed by atoms with van der Waals surface area (Å²) in [6.07, 6.45) is 4.57. The molecular weight excluding hydrogens is 432 g/mol. The molecular formula is C21H30N6O6. The smallest absolute Gasteiger partial charge is 0.247 e. The summed E-state index contributed by atoms with van der Waals surface area (Å²) in [5.74, 6) is 0.